The Bertz CT molecular complexity index is 274. The average molecular weight is 210 g/mol. The van der Waals surface area contributed by atoms with Crippen molar-refractivity contribution in [3.05, 3.63) is 0 Å². The lowest BCUT2D eigenvalue weighted by Crippen LogP contribution is -2.20. The highest BCUT2D eigenvalue weighted by atomic mass is 16.4. The van der Waals surface area contributed by atoms with E-state index in [-0.39, 0.29) is 24.4 Å². The Morgan fingerprint density at radius 3 is 2.73 bits per heavy atom. The van der Waals surface area contributed by atoms with Crippen LogP contribution in [0.15, 0.2) is 0 Å². The van der Waals surface area contributed by atoms with Gasteiger partial charge in [0.2, 0.25) is 0 Å². The minimum absolute atomic E-state index is 0.0557. The fourth-order valence-electron chi connectivity index (χ4n) is 2.22. The van der Waals surface area contributed by atoms with Gasteiger partial charge in [0.1, 0.15) is 0 Å². The van der Waals surface area contributed by atoms with E-state index in [1.54, 1.807) is 0 Å². The second kappa shape index (κ2) is 5.77. The van der Waals surface area contributed by atoms with Gasteiger partial charge in [0, 0.05) is 19.3 Å². The number of aliphatic hydroxyl groups is 1. The highest BCUT2D eigenvalue weighted by Crippen LogP contribution is 2.36. The van der Waals surface area contributed by atoms with E-state index in [0.717, 1.165) is 19.3 Å². The minimum atomic E-state index is -0.775. The normalized spacial score (nSPS) is 29.6. The minimum Gasteiger partial charge on any atom is -0.481 e. The van der Waals surface area contributed by atoms with E-state index in [0.29, 0.717) is 6.42 Å². The van der Waals surface area contributed by atoms with E-state index in [1.807, 2.05) is 6.92 Å². The van der Waals surface area contributed by atoms with Crippen LogP contribution in [-0.2, 0) is 4.79 Å². The van der Waals surface area contributed by atoms with Crippen molar-refractivity contribution in [2.45, 2.75) is 45.1 Å². The molecule has 0 bridgehead atoms. The van der Waals surface area contributed by atoms with Crippen molar-refractivity contribution in [1.29, 1.82) is 0 Å². The molecule has 1 saturated carbocycles. The molecule has 1 rings (SSSR count). The maximum Gasteiger partial charge on any atom is 0.303 e. The monoisotopic (exact) mass is 210 g/mol. The van der Waals surface area contributed by atoms with E-state index < -0.39 is 5.97 Å². The maximum absolute atomic E-state index is 10.6. The van der Waals surface area contributed by atoms with Crippen molar-refractivity contribution < 1.29 is 15.0 Å². The molecule has 3 nitrogen and oxygen atoms in total. The quantitative estimate of drug-likeness (QED) is 0.696. The zero-order valence-electron chi connectivity index (χ0n) is 9.07. The number of rotatable bonds is 3. The molecule has 2 N–H and O–H groups in total. The molecule has 0 amide bonds. The molecule has 0 saturated heterocycles. The third kappa shape index (κ3) is 3.56. The van der Waals surface area contributed by atoms with Crippen molar-refractivity contribution in [3.8, 4) is 11.8 Å². The van der Waals surface area contributed by atoms with E-state index in [2.05, 4.69) is 11.8 Å². The largest absolute Gasteiger partial charge is 0.481 e. The highest BCUT2D eigenvalue weighted by Gasteiger charge is 2.35. The van der Waals surface area contributed by atoms with Crippen molar-refractivity contribution in [2.75, 3.05) is 0 Å². The Kier molecular flexibility index (Phi) is 4.64. The fourth-order valence-corrected chi connectivity index (χ4v) is 2.22. The van der Waals surface area contributed by atoms with Crippen molar-refractivity contribution >= 4 is 5.97 Å². The molecule has 1 fully saturated rings. The molecule has 0 aromatic carbocycles. The lowest BCUT2D eigenvalue weighted by Gasteiger charge is -2.17. The Balaban J connectivity index is 2.52. The Hall–Kier alpha value is -1.01. The van der Waals surface area contributed by atoms with Gasteiger partial charge >= 0.3 is 5.97 Å². The fraction of sp³-hybridized carbons (Fsp3) is 0.750. The second-order valence-electron chi connectivity index (χ2n) is 4.08. The van der Waals surface area contributed by atoms with Gasteiger partial charge in [0.05, 0.1) is 6.10 Å². The van der Waals surface area contributed by atoms with Gasteiger partial charge in [-0.2, -0.15) is 0 Å². The first-order chi connectivity index (χ1) is 7.15. The third-order valence-electron chi connectivity index (χ3n) is 3.01. The summed E-state index contributed by atoms with van der Waals surface area (Å²) in [7, 11) is 0. The number of carboxylic acid groups (broad SMARTS) is 1. The van der Waals surface area contributed by atoms with Crippen LogP contribution in [0.5, 0.6) is 0 Å². The van der Waals surface area contributed by atoms with Gasteiger partial charge in [0.15, 0.2) is 0 Å². The number of hydrogen-bond donors (Lipinski definition) is 2. The summed E-state index contributed by atoms with van der Waals surface area (Å²) in [5.41, 5.74) is 0. The van der Waals surface area contributed by atoms with Crippen LogP contribution in [-0.4, -0.2) is 22.3 Å². The molecule has 3 heteroatoms. The van der Waals surface area contributed by atoms with E-state index >= 15 is 0 Å². The van der Waals surface area contributed by atoms with Crippen LogP contribution in [0, 0.1) is 23.7 Å². The number of carboxylic acids is 1. The van der Waals surface area contributed by atoms with Crippen LogP contribution in [0.25, 0.3) is 0 Å². The first-order valence-electron chi connectivity index (χ1n) is 5.50. The predicted octanol–water partition coefficient (Wildman–Crippen LogP) is 1.65. The van der Waals surface area contributed by atoms with Crippen LogP contribution < -0.4 is 0 Å². The molecule has 1 aliphatic carbocycles. The smallest absolute Gasteiger partial charge is 0.303 e. The van der Waals surface area contributed by atoms with E-state index in [4.69, 9.17) is 5.11 Å². The molecule has 3 atom stereocenters. The highest BCUT2D eigenvalue weighted by molar-refractivity contribution is 5.67. The van der Waals surface area contributed by atoms with Crippen molar-refractivity contribution in [1.82, 2.24) is 0 Å². The predicted molar refractivity (Wildman–Crippen MR) is 57.2 cm³/mol. The summed E-state index contributed by atoms with van der Waals surface area (Å²) >= 11 is 0. The summed E-state index contributed by atoms with van der Waals surface area (Å²) in [4.78, 5) is 10.6. The van der Waals surface area contributed by atoms with Crippen LogP contribution in [0.3, 0.4) is 0 Å². The Morgan fingerprint density at radius 2 is 2.13 bits per heavy atom. The van der Waals surface area contributed by atoms with E-state index in [9.17, 15) is 9.90 Å². The molecule has 15 heavy (non-hydrogen) atoms. The summed E-state index contributed by atoms with van der Waals surface area (Å²) < 4.78 is 0. The molecule has 0 aromatic rings. The molecule has 0 radical (unpaired) electrons. The molecule has 0 heterocycles. The van der Waals surface area contributed by atoms with Gasteiger partial charge in [-0.15, -0.1) is 11.8 Å². The van der Waals surface area contributed by atoms with Crippen molar-refractivity contribution in [2.24, 2.45) is 11.8 Å². The topological polar surface area (TPSA) is 57.5 Å². The Morgan fingerprint density at radius 1 is 1.40 bits per heavy atom. The van der Waals surface area contributed by atoms with Crippen LogP contribution in [0.1, 0.15) is 39.0 Å². The summed E-state index contributed by atoms with van der Waals surface area (Å²) in [6, 6.07) is 0. The lowest BCUT2D eigenvalue weighted by molar-refractivity contribution is -0.138. The zero-order valence-corrected chi connectivity index (χ0v) is 9.07. The molecule has 0 aliphatic heterocycles. The number of aliphatic hydroxyl groups excluding tert-OH is 1. The van der Waals surface area contributed by atoms with Crippen LogP contribution in [0.2, 0.25) is 0 Å². The van der Waals surface area contributed by atoms with Gasteiger partial charge in [-0.3, -0.25) is 4.79 Å². The summed E-state index contributed by atoms with van der Waals surface area (Å²) in [5.74, 6) is 5.35. The molecule has 0 spiro atoms. The number of hydrogen-bond acceptors (Lipinski definition) is 2. The van der Waals surface area contributed by atoms with Gasteiger partial charge in [-0.25, -0.2) is 0 Å². The average Bonchev–Trinajstić information content (AvgIpc) is 2.49. The Labute approximate surface area is 90.5 Å². The number of aliphatic carboxylic acids is 1. The molecule has 1 aliphatic rings. The van der Waals surface area contributed by atoms with Gasteiger partial charge < -0.3 is 10.2 Å². The lowest BCUT2D eigenvalue weighted by atomic mass is 9.89. The number of carbonyl (C=O) groups is 1. The van der Waals surface area contributed by atoms with Gasteiger partial charge in [0.25, 0.3) is 0 Å². The van der Waals surface area contributed by atoms with Crippen LogP contribution in [0.4, 0.5) is 0 Å². The molecule has 0 aromatic heterocycles. The summed E-state index contributed by atoms with van der Waals surface area (Å²) in [6.45, 7) is 1.98. The first kappa shape index (κ1) is 12.1. The first-order valence-corrected chi connectivity index (χ1v) is 5.50. The molecule has 84 valence electrons. The second-order valence-corrected chi connectivity index (χ2v) is 4.08. The van der Waals surface area contributed by atoms with Crippen molar-refractivity contribution in [3.63, 3.8) is 0 Å². The SMILES string of the molecule is CCC#CCC1C(O)CCC1CC(=O)O. The maximum atomic E-state index is 10.6. The van der Waals surface area contributed by atoms with Gasteiger partial charge in [-0.1, -0.05) is 6.92 Å². The van der Waals surface area contributed by atoms with Crippen LogP contribution >= 0.6 is 0 Å². The molecular formula is C12H18O3. The van der Waals surface area contributed by atoms with Gasteiger partial charge in [-0.05, 0) is 24.7 Å². The summed E-state index contributed by atoms with van der Waals surface area (Å²) in [5, 5.41) is 18.4. The summed E-state index contributed by atoms with van der Waals surface area (Å²) in [6.07, 6.45) is 2.78. The third-order valence-corrected chi connectivity index (χ3v) is 3.01. The zero-order chi connectivity index (χ0) is 11.3. The molecular weight excluding hydrogens is 192 g/mol. The molecule has 3 unspecified atom stereocenters. The van der Waals surface area contributed by atoms with E-state index in [1.165, 1.54) is 0 Å². The standard InChI is InChI=1S/C12H18O3/c1-2-3-4-5-10-9(8-12(14)15)6-7-11(10)13/h9-11,13H,2,5-8H2,1H3,(H,14,15).